The number of amides is 2. The van der Waals surface area contributed by atoms with Gasteiger partial charge in [0.05, 0.1) is 23.9 Å². The van der Waals surface area contributed by atoms with Crippen LogP contribution in [0.3, 0.4) is 0 Å². The average molecular weight is 368 g/mol. The molecule has 0 bridgehead atoms. The van der Waals surface area contributed by atoms with Gasteiger partial charge in [-0.2, -0.15) is 5.10 Å². The lowest BCUT2D eigenvalue weighted by Gasteiger charge is -2.12. The predicted octanol–water partition coefficient (Wildman–Crippen LogP) is 1.82. The van der Waals surface area contributed by atoms with Crippen molar-refractivity contribution >= 4 is 28.8 Å². The van der Waals surface area contributed by atoms with Crippen LogP contribution in [0.25, 0.3) is 5.52 Å². The van der Waals surface area contributed by atoms with Crippen molar-refractivity contribution in [1.29, 1.82) is 0 Å². The van der Waals surface area contributed by atoms with Gasteiger partial charge in [-0.1, -0.05) is 6.07 Å². The lowest BCUT2D eigenvalue weighted by Crippen LogP contribution is -2.22. The fraction of sp³-hybridized carbons (Fsp3) is 0.222. The number of carbonyl (C=O) groups is 2. The molecule has 3 rings (SSSR count). The summed E-state index contributed by atoms with van der Waals surface area (Å²) >= 11 is 0. The van der Waals surface area contributed by atoms with Gasteiger partial charge in [-0.05, 0) is 37.6 Å². The second kappa shape index (κ2) is 7.83. The molecule has 1 aromatic carbocycles. The number of carbonyl (C=O) groups excluding carboxylic acids is 2. The summed E-state index contributed by atoms with van der Waals surface area (Å²) in [5.74, 6) is -0.106. The molecule has 3 aromatic rings. The van der Waals surface area contributed by atoms with Crippen LogP contribution in [-0.2, 0) is 4.84 Å². The molecule has 0 unspecified atom stereocenters. The fourth-order valence-electron chi connectivity index (χ4n) is 2.65. The number of rotatable bonds is 6. The molecule has 0 aliphatic heterocycles. The predicted molar refractivity (Wildman–Crippen MR) is 99.9 cm³/mol. The van der Waals surface area contributed by atoms with Crippen LogP contribution in [0, 0.1) is 6.92 Å². The van der Waals surface area contributed by atoms with E-state index in [1.165, 1.54) is 13.4 Å². The average Bonchev–Trinajstić information content (AvgIpc) is 3.08. The summed E-state index contributed by atoms with van der Waals surface area (Å²) in [6.45, 7) is 4.30. The topological polar surface area (TPSA) is 110 Å². The molecule has 0 radical (unpaired) electrons. The number of benzene rings is 1. The van der Waals surface area contributed by atoms with E-state index in [2.05, 4.69) is 26.2 Å². The molecule has 0 saturated carbocycles. The number of hydrogen-bond acceptors (Lipinski definition) is 6. The van der Waals surface area contributed by atoms with E-state index in [0.29, 0.717) is 34.7 Å². The highest BCUT2D eigenvalue weighted by Gasteiger charge is 2.15. The SMILES string of the molecule is CCNC(=O)c1cc2c(Nc3cc(C)ccc3C(=O)NOC)ncnn2c1. The minimum atomic E-state index is -0.386. The van der Waals surface area contributed by atoms with Crippen molar-refractivity contribution in [2.75, 3.05) is 19.0 Å². The van der Waals surface area contributed by atoms with Crippen LogP contribution in [0.15, 0.2) is 36.8 Å². The minimum absolute atomic E-state index is 0.190. The van der Waals surface area contributed by atoms with E-state index >= 15 is 0 Å². The Balaban J connectivity index is 2.01. The van der Waals surface area contributed by atoms with Crippen LogP contribution in [-0.4, -0.2) is 40.1 Å². The molecule has 0 fully saturated rings. The standard InChI is InChI=1S/C18H20N6O3/c1-4-19-17(25)12-8-15-16(20-10-21-24(15)9-12)22-14-7-11(2)5-6-13(14)18(26)23-27-3/h5-10H,4H2,1-3H3,(H,19,25)(H,23,26)(H,20,21,22). The van der Waals surface area contributed by atoms with E-state index in [0.717, 1.165) is 5.56 Å². The van der Waals surface area contributed by atoms with Gasteiger partial charge in [-0.25, -0.2) is 15.0 Å². The van der Waals surface area contributed by atoms with Gasteiger partial charge in [0.25, 0.3) is 11.8 Å². The van der Waals surface area contributed by atoms with Gasteiger partial charge in [0, 0.05) is 12.7 Å². The fourth-order valence-corrected chi connectivity index (χ4v) is 2.65. The molecule has 2 amide bonds. The molecule has 9 nitrogen and oxygen atoms in total. The third-order valence-corrected chi connectivity index (χ3v) is 3.87. The van der Waals surface area contributed by atoms with Crippen LogP contribution in [0.1, 0.15) is 33.2 Å². The van der Waals surface area contributed by atoms with E-state index in [-0.39, 0.29) is 11.8 Å². The Bertz CT molecular complexity index is 998. The van der Waals surface area contributed by atoms with Gasteiger partial charge >= 0.3 is 0 Å². The van der Waals surface area contributed by atoms with Crippen LogP contribution >= 0.6 is 0 Å². The first-order chi connectivity index (χ1) is 13.0. The number of nitrogens with zero attached hydrogens (tertiary/aromatic N) is 3. The second-order valence-electron chi connectivity index (χ2n) is 5.84. The molecule has 0 aliphatic carbocycles. The van der Waals surface area contributed by atoms with Gasteiger partial charge in [0.1, 0.15) is 11.8 Å². The number of nitrogens with one attached hydrogen (secondary N) is 3. The molecular formula is C18H20N6O3. The number of hydroxylamine groups is 1. The molecule has 0 atom stereocenters. The summed E-state index contributed by atoms with van der Waals surface area (Å²) in [6.07, 6.45) is 3.00. The van der Waals surface area contributed by atoms with E-state index in [9.17, 15) is 9.59 Å². The largest absolute Gasteiger partial charge is 0.352 e. The Morgan fingerprint density at radius 2 is 2.04 bits per heavy atom. The number of hydrogen-bond donors (Lipinski definition) is 3. The van der Waals surface area contributed by atoms with Crippen LogP contribution < -0.4 is 16.1 Å². The van der Waals surface area contributed by atoms with Crippen molar-refractivity contribution in [3.8, 4) is 0 Å². The molecule has 2 heterocycles. The normalized spacial score (nSPS) is 10.6. The van der Waals surface area contributed by atoms with Crippen molar-refractivity contribution < 1.29 is 14.4 Å². The van der Waals surface area contributed by atoms with Crippen molar-refractivity contribution in [3.63, 3.8) is 0 Å². The van der Waals surface area contributed by atoms with Gasteiger partial charge in [0.15, 0.2) is 5.82 Å². The molecule has 0 saturated heterocycles. The maximum atomic E-state index is 12.2. The van der Waals surface area contributed by atoms with E-state index in [1.807, 2.05) is 26.0 Å². The van der Waals surface area contributed by atoms with E-state index in [4.69, 9.17) is 4.84 Å². The van der Waals surface area contributed by atoms with Crippen LogP contribution in [0.2, 0.25) is 0 Å². The zero-order valence-corrected chi connectivity index (χ0v) is 15.2. The molecule has 0 spiro atoms. The zero-order chi connectivity index (χ0) is 19.4. The third-order valence-electron chi connectivity index (χ3n) is 3.87. The third kappa shape index (κ3) is 3.87. The Morgan fingerprint density at radius 3 is 2.78 bits per heavy atom. The Hall–Kier alpha value is -3.46. The molecule has 27 heavy (non-hydrogen) atoms. The smallest absolute Gasteiger partial charge is 0.276 e. The molecule has 140 valence electrons. The highest BCUT2D eigenvalue weighted by atomic mass is 16.6. The Kier molecular flexibility index (Phi) is 5.32. The first-order valence-electron chi connectivity index (χ1n) is 8.36. The van der Waals surface area contributed by atoms with Gasteiger partial charge in [-0.15, -0.1) is 0 Å². The van der Waals surface area contributed by atoms with E-state index < -0.39 is 0 Å². The lowest BCUT2D eigenvalue weighted by atomic mass is 10.1. The summed E-state index contributed by atoms with van der Waals surface area (Å²) in [4.78, 5) is 33.3. The lowest BCUT2D eigenvalue weighted by molar-refractivity contribution is 0.0538. The molecular weight excluding hydrogens is 348 g/mol. The first-order valence-corrected chi connectivity index (χ1v) is 8.36. The number of fused-ring (bicyclic) bond motifs is 1. The summed E-state index contributed by atoms with van der Waals surface area (Å²) in [6, 6.07) is 7.05. The number of anilines is 2. The molecule has 0 aliphatic rings. The van der Waals surface area contributed by atoms with Gasteiger partial charge in [0.2, 0.25) is 0 Å². The van der Waals surface area contributed by atoms with Crippen molar-refractivity contribution in [1.82, 2.24) is 25.4 Å². The zero-order valence-electron chi connectivity index (χ0n) is 15.2. The quantitative estimate of drug-likeness (QED) is 0.573. The second-order valence-corrected chi connectivity index (χ2v) is 5.84. The monoisotopic (exact) mass is 368 g/mol. The highest BCUT2D eigenvalue weighted by Crippen LogP contribution is 2.25. The van der Waals surface area contributed by atoms with Gasteiger partial charge in [-0.3, -0.25) is 14.4 Å². The highest BCUT2D eigenvalue weighted by molar-refractivity contribution is 6.01. The molecule has 3 N–H and O–H groups in total. The van der Waals surface area contributed by atoms with Crippen LogP contribution in [0.5, 0.6) is 0 Å². The van der Waals surface area contributed by atoms with Crippen LogP contribution in [0.4, 0.5) is 11.5 Å². The molecule has 9 heteroatoms. The van der Waals surface area contributed by atoms with Crippen molar-refractivity contribution in [3.05, 3.63) is 53.5 Å². The minimum Gasteiger partial charge on any atom is -0.352 e. The summed E-state index contributed by atoms with van der Waals surface area (Å²) in [7, 11) is 1.37. The maximum absolute atomic E-state index is 12.2. The maximum Gasteiger partial charge on any atom is 0.276 e. The van der Waals surface area contributed by atoms with Gasteiger partial charge < -0.3 is 10.6 Å². The first kappa shape index (κ1) is 18.3. The Morgan fingerprint density at radius 1 is 1.22 bits per heavy atom. The van der Waals surface area contributed by atoms with Crippen molar-refractivity contribution in [2.45, 2.75) is 13.8 Å². The van der Waals surface area contributed by atoms with Crippen molar-refractivity contribution in [2.24, 2.45) is 0 Å². The summed E-state index contributed by atoms with van der Waals surface area (Å²) in [5.41, 5.74) is 5.32. The number of aryl methyl sites for hydroxylation is 1. The Labute approximate surface area is 155 Å². The summed E-state index contributed by atoms with van der Waals surface area (Å²) in [5, 5.41) is 10.0. The van der Waals surface area contributed by atoms with E-state index in [1.54, 1.807) is 22.8 Å². The molecule has 2 aromatic heterocycles. The number of aromatic nitrogens is 3. The summed E-state index contributed by atoms with van der Waals surface area (Å²) < 4.78 is 1.56.